The molecule has 6 heteroatoms. The van der Waals surface area contributed by atoms with Gasteiger partial charge >= 0.3 is 12.2 Å². The molecule has 0 saturated carbocycles. The van der Waals surface area contributed by atoms with Crippen LogP contribution < -0.4 is 5.32 Å². The Morgan fingerprint density at radius 1 is 1.05 bits per heavy atom. The molecule has 6 nitrogen and oxygen atoms in total. The Hall–Kier alpha value is -2.24. The van der Waals surface area contributed by atoms with Gasteiger partial charge in [-0.25, -0.2) is 9.59 Å². The van der Waals surface area contributed by atoms with E-state index in [0.717, 1.165) is 5.56 Å². The number of hydrogen-bond donors (Lipinski definition) is 1. The predicted molar refractivity (Wildman–Crippen MR) is 77.1 cm³/mol. The van der Waals surface area contributed by atoms with Crippen LogP contribution in [0.5, 0.6) is 0 Å². The molecule has 1 amide bonds. The molecule has 1 rings (SSSR count). The van der Waals surface area contributed by atoms with E-state index >= 15 is 0 Å². The second kappa shape index (κ2) is 9.63. The summed E-state index contributed by atoms with van der Waals surface area (Å²) in [5.74, 6) is 0. The second-order valence-electron chi connectivity index (χ2n) is 4.25. The Balaban J connectivity index is 2.56. The molecule has 0 aliphatic rings. The van der Waals surface area contributed by atoms with Crippen molar-refractivity contribution in [1.29, 1.82) is 0 Å². The first-order valence-electron chi connectivity index (χ1n) is 6.92. The first kappa shape index (κ1) is 16.8. The van der Waals surface area contributed by atoms with Crippen LogP contribution in [0, 0.1) is 0 Å². The van der Waals surface area contributed by atoms with E-state index in [1.54, 1.807) is 13.8 Å². The quantitative estimate of drug-likeness (QED) is 0.782. The standard InChI is InChI=1S/C15H21NO5/c1-3-19-14(17)16-13(11-21-15(18)20-4-2)10-12-8-6-5-7-9-12/h5-9,13H,3-4,10-11H2,1-2H3,(H,16,17)/t13-/m1/s1. The highest BCUT2D eigenvalue weighted by Gasteiger charge is 2.16. The van der Waals surface area contributed by atoms with Crippen LogP contribution in [0.2, 0.25) is 0 Å². The van der Waals surface area contributed by atoms with Crippen molar-refractivity contribution in [3.8, 4) is 0 Å². The van der Waals surface area contributed by atoms with Crippen molar-refractivity contribution in [2.75, 3.05) is 19.8 Å². The molecule has 1 aromatic rings. The molecular weight excluding hydrogens is 274 g/mol. The number of carbonyl (C=O) groups is 2. The lowest BCUT2D eigenvalue weighted by Gasteiger charge is -2.18. The zero-order valence-corrected chi connectivity index (χ0v) is 12.3. The van der Waals surface area contributed by atoms with E-state index in [1.807, 2.05) is 30.3 Å². The van der Waals surface area contributed by atoms with Gasteiger partial charge in [0, 0.05) is 0 Å². The largest absolute Gasteiger partial charge is 0.508 e. The van der Waals surface area contributed by atoms with E-state index in [0.29, 0.717) is 6.42 Å². The van der Waals surface area contributed by atoms with E-state index in [4.69, 9.17) is 9.47 Å². The molecule has 1 N–H and O–H groups in total. The third kappa shape index (κ3) is 7.20. The highest BCUT2D eigenvalue weighted by Crippen LogP contribution is 2.04. The molecule has 116 valence electrons. The Labute approximate surface area is 124 Å². The molecule has 0 bridgehead atoms. The van der Waals surface area contributed by atoms with Gasteiger partial charge in [-0.15, -0.1) is 0 Å². The summed E-state index contributed by atoms with van der Waals surface area (Å²) in [6, 6.07) is 9.21. The van der Waals surface area contributed by atoms with Gasteiger partial charge in [0.15, 0.2) is 0 Å². The lowest BCUT2D eigenvalue weighted by Crippen LogP contribution is -2.40. The Kier molecular flexibility index (Phi) is 7.71. The fourth-order valence-corrected chi connectivity index (χ4v) is 1.72. The minimum atomic E-state index is -0.749. The zero-order valence-electron chi connectivity index (χ0n) is 12.3. The van der Waals surface area contributed by atoms with Crippen LogP contribution in [-0.4, -0.2) is 38.1 Å². The molecule has 0 aliphatic carbocycles. The minimum absolute atomic E-state index is 0.0204. The highest BCUT2D eigenvalue weighted by atomic mass is 16.7. The van der Waals surface area contributed by atoms with Gasteiger partial charge in [0.05, 0.1) is 19.3 Å². The van der Waals surface area contributed by atoms with Crippen LogP contribution in [0.15, 0.2) is 30.3 Å². The van der Waals surface area contributed by atoms with Crippen molar-refractivity contribution < 1.29 is 23.8 Å². The first-order valence-corrected chi connectivity index (χ1v) is 6.92. The third-order valence-electron chi connectivity index (χ3n) is 2.59. The number of nitrogens with one attached hydrogen (secondary N) is 1. The number of rotatable bonds is 7. The number of hydrogen-bond acceptors (Lipinski definition) is 5. The molecule has 0 radical (unpaired) electrons. The summed E-state index contributed by atoms with van der Waals surface area (Å²) in [5.41, 5.74) is 1.02. The number of amides is 1. The Bertz CT molecular complexity index is 435. The van der Waals surface area contributed by atoms with Crippen LogP contribution >= 0.6 is 0 Å². The van der Waals surface area contributed by atoms with Crippen LogP contribution in [0.3, 0.4) is 0 Å². The fourth-order valence-electron chi connectivity index (χ4n) is 1.72. The lowest BCUT2D eigenvalue weighted by molar-refractivity contribution is 0.0509. The summed E-state index contributed by atoms with van der Waals surface area (Å²) in [7, 11) is 0. The Morgan fingerprint density at radius 3 is 2.33 bits per heavy atom. The van der Waals surface area contributed by atoms with Crippen LogP contribution in [0.4, 0.5) is 9.59 Å². The number of alkyl carbamates (subject to hydrolysis) is 1. The molecule has 0 heterocycles. The SMILES string of the molecule is CCOC(=O)N[C@@H](COC(=O)OCC)Cc1ccccc1. The average molecular weight is 295 g/mol. The summed E-state index contributed by atoms with van der Waals surface area (Å²) in [6.45, 7) is 3.96. The summed E-state index contributed by atoms with van der Waals surface area (Å²) >= 11 is 0. The molecule has 21 heavy (non-hydrogen) atoms. The number of carbonyl (C=O) groups excluding carboxylic acids is 2. The minimum Gasteiger partial charge on any atom is -0.450 e. The second-order valence-corrected chi connectivity index (χ2v) is 4.25. The summed E-state index contributed by atoms with van der Waals surface area (Å²) < 4.78 is 14.5. The van der Waals surface area contributed by atoms with Gasteiger partial charge < -0.3 is 19.5 Å². The smallest absolute Gasteiger partial charge is 0.450 e. The topological polar surface area (TPSA) is 73.9 Å². The van der Waals surface area contributed by atoms with Gasteiger partial charge in [-0.05, 0) is 25.8 Å². The van der Waals surface area contributed by atoms with Crippen molar-refractivity contribution in [2.24, 2.45) is 0 Å². The van der Waals surface area contributed by atoms with Crippen molar-refractivity contribution >= 4 is 12.2 Å². The van der Waals surface area contributed by atoms with Gasteiger partial charge in [-0.3, -0.25) is 0 Å². The van der Waals surface area contributed by atoms with Gasteiger partial charge in [-0.1, -0.05) is 30.3 Å². The molecule has 0 aliphatic heterocycles. The van der Waals surface area contributed by atoms with Gasteiger partial charge in [0.2, 0.25) is 0 Å². The number of ether oxygens (including phenoxy) is 3. The maximum atomic E-state index is 11.5. The zero-order chi connectivity index (χ0) is 15.5. The molecule has 0 spiro atoms. The van der Waals surface area contributed by atoms with E-state index in [1.165, 1.54) is 0 Å². The van der Waals surface area contributed by atoms with Crippen LogP contribution in [0.25, 0.3) is 0 Å². The van der Waals surface area contributed by atoms with Gasteiger partial charge in [0.1, 0.15) is 6.61 Å². The summed E-state index contributed by atoms with van der Waals surface area (Å²) in [5, 5.41) is 2.67. The van der Waals surface area contributed by atoms with E-state index in [-0.39, 0.29) is 25.9 Å². The van der Waals surface area contributed by atoms with Crippen LogP contribution in [-0.2, 0) is 20.6 Å². The maximum Gasteiger partial charge on any atom is 0.508 e. The average Bonchev–Trinajstić information content (AvgIpc) is 2.46. The molecular formula is C15H21NO5. The number of benzene rings is 1. The molecule has 0 fully saturated rings. The molecule has 1 aromatic carbocycles. The summed E-state index contributed by atoms with van der Waals surface area (Å²) in [6.07, 6.45) is -0.758. The van der Waals surface area contributed by atoms with Crippen LogP contribution in [0.1, 0.15) is 19.4 Å². The highest BCUT2D eigenvalue weighted by molar-refractivity contribution is 5.67. The molecule has 0 unspecified atom stereocenters. The molecule has 1 atom stereocenters. The maximum absolute atomic E-state index is 11.5. The van der Waals surface area contributed by atoms with Gasteiger partial charge in [-0.2, -0.15) is 0 Å². The van der Waals surface area contributed by atoms with Crippen molar-refractivity contribution in [2.45, 2.75) is 26.3 Å². The fraction of sp³-hybridized carbons (Fsp3) is 0.467. The lowest BCUT2D eigenvalue weighted by atomic mass is 10.1. The summed E-state index contributed by atoms with van der Waals surface area (Å²) in [4.78, 5) is 22.7. The normalized spacial score (nSPS) is 11.3. The predicted octanol–water partition coefficient (Wildman–Crippen LogP) is 2.52. The van der Waals surface area contributed by atoms with E-state index in [2.05, 4.69) is 10.1 Å². The molecule has 0 saturated heterocycles. The van der Waals surface area contributed by atoms with Gasteiger partial charge in [0.25, 0.3) is 0 Å². The van der Waals surface area contributed by atoms with Crippen molar-refractivity contribution in [3.05, 3.63) is 35.9 Å². The van der Waals surface area contributed by atoms with Crippen molar-refractivity contribution in [3.63, 3.8) is 0 Å². The van der Waals surface area contributed by atoms with E-state index in [9.17, 15) is 9.59 Å². The monoisotopic (exact) mass is 295 g/mol. The Morgan fingerprint density at radius 2 is 1.71 bits per heavy atom. The molecule has 0 aromatic heterocycles. The third-order valence-corrected chi connectivity index (χ3v) is 2.59. The van der Waals surface area contributed by atoms with Crippen molar-refractivity contribution in [1.82, 2.24) is 5.32 Å². The first-order chi connectivity index (χ1) is 10.2. The van der Waals surface area contributed by atoms with E-state index < -0.39 is 12.2 Å².